The van der Waals surface area contributed by atoms with Crippen molar-refractivity contribution in [1.29, 1.82) is 0 Å². The molecule has 0 heterocycles. The maximum Gasteiger partial charge on any atom is 0.192 e. The Morgan fingerprint density at radius 3 is 2.07 bits per heavy atom. The highest BCUT2D eigenvalue weighted by molar-refractivity contribution is 6.76. The van der Waals surface area contributed by atoms with E-state index in [9.17, 15) is 0 Å². The molecule has 1 rings (SSSR count). The van der Waals surface area contributed by atoms with Crippen LogP contribution in [0.15, 0.2) is 36.4 Å². The van der Waals surface area contributed by atoms with Gasteiger partial charge in [0.1, 0.15) is 5.75 Å². The number of hydrogen-bond donors (Lipinski definition) is 0. The molecule has 1 atom stereocenters. The Labute approximate surface area is 182 Å². The lowest BCUT2D eigenvalue weighted by Gasteiger charge is -2.34. The first-order valence-electron chi connectivity index (χ1n) is 11.2. The van der Waals surface area contributed by atoms with E-state index in [1.165, 1.54) is 35.3 Å². The Morgan fingerprint density at radius 1 is 1.00 bits per heavy atom. The lowest BCUT2D eigenvalue weighted by atomic mass is 10.1. The van der Waals surface area contributed by atoms with Crippen LogP contribution in [-0.2, 0) is 15.8 Å². The van der Waals surface area contributed by atoms with Crippen LogP contribution in [0, 0.1) is 0 Å². The van der Waals surface area contributed by atoms with Crippen LogP contribution >= 0.6 is 0 Å². The zero-order chi connectivity index (χ0) is 21.9. The van der Waals surface area contributed by atoms with E-state index in [0.717, 1.165) is 25.2 Å². The lowest BCUT2D eigenvalue weighted by Crippen LogP contribution is -2.40. The van der Waals surface area contributed by atoms with Gasteiger partial charge in [-0.15, -0.1) is 6.58 Å². The molecule has 0 radical (unpaired) electrons. The van der Waals surface area contributed by atoms with Gasteiger partial charge >= 0.3 is 0 Å². The van der Waals surface area contributed by atoms with E-state index in [-0.39, 0.29) is 6.10 Å². The first kappa shape index (κ1) is 26.1. The van der Waals surface area contributed by atoms with Crippen molar-refractivity contribution in [2.75, 3.05) is 13.7 Å². The van der Waals surface area contributed by atoms with E-state index in [1.807, 2.05) is 12.1 Å². The van der Waals surface area contributed by atoms with Crippen molar-refractivity contribution >= 4 is 16.4 Å². The molecule has 0 spiro atoms. The minimum atomic E-state index is -1.64. The van der Waals surface area contributed by atoms with Crippen LogP contribution in [0.25, 0.3) is 0 Å². The Balaban J connectivity index is 2.65. The highest BCUT2D eigenvalue weighted by Gasteiger charge is 2.32. The van der Waals surface area contributed by atoms with Gasteiger partial charge in [-0.1, -0.05) is 58.1 Å². The van der Waals surface area contributed by atoms with Crippen molar-refractivity contribution in [1.82, 2.24) is 0 Å². The van der Waals surface area contributed by atoms with Crippen LogP contribution in [0.5, 0.6) is 5.75 Å². The minimum Gasteiger partial charge on any atom is -0.497 e. The molecule has 0 aliphatic heterocycles. The molecule has 0 aliphatic carbocycles. The summed E-state index contributed by atoms with van der Waals surface area (Å²) in [6, 6.07) is 12.8. The average molecular weight is 437 g/mol. The zero-order valence-electron chi connectivity index (χ0n) is 20.0. The summed E-state index contributed by atoms with van der Waals surface area (Å²) in [6.07, 6.45) is 2.15. The van der Waals surface area contributed by atoms with E-state index < -0.39 is 16.4 Å². The van der Waals surface area contributed by atoms with Gasteiger partial charge < -0.3 is 13.9 Å². The standard InChI is InChI=1S/C24H44O3Si2/c1-9-29(10-2,11-3)27-24(18-21(4)20-28(6,7)8)16-17-26-19-22-12-14-23(25-5)15-13-22/h12-15,24H,4,9-11,16-20H2,1-3,5-8H3/t24-/m0/s1. The third-order valence-electron chi connectivity index (χ3n) is 5.66. The van der Waals surface area contributed by atoms with E-state index in [4.69, 9.17) is 13.9 Å². The number of methoxy groups -OCH3 is 1. The summed E-state index contributed by atoms with van der Waals surface area (Å²) >= 11 is 0. The second-order valence-electron chi connectivity index (χ2n) is 9.36. The SMILES string of the molecule is C=C(C[C@H](CCOCc1ccc(OC)cc1)O[Si](CC)(CC)CC)C[Si](C)(C)C. The highest BCUT2D eigenvalue weighted by Crippen LogP contribution is 2.28. The van der Waals surface area contributed by atoms with Crippen molar-refractivity contribution in [3.05, 3.63) is 42.0 Å². The zero-order valence-corrected chi connectivity index (χ0v) is 22.0. The molecule has 0 saturated heterocycles. The Kier molecular flexibility index (Phi) is 11.5. The summed E-state index contributed by atoms with van der Waals surface area (Å²) in [7, 11) is -1.10. The minimum absolute atomic E-state index is 0.237. The number of ether oxygens (including phenoxy) is 2. The molecule has 0 aliphatic rings. The predicted molar refractivity (Wildman–Crippen MR) is 131 cm³/mol. The van der Waals surface area contributed by atoms with Crippen LogP contribution < -0.4 is 4.74 Å². The molecule has 0 fully saturated rings. The molecule has 0 aromatic heterocycles. The summed E-state index contributed by atoms with van der Waals surface area (Å²) in [5.74, 6) is 0.878. The van der Waals surface area contributed by atoms with E-state index in [0.29, 0.717) is 6.61 Å². The van der Waals surface area contributed by atoms with Crippen LogP contribution in [0.1, 0.15) is 39.2 Å². The number of rotatable bonds is 15. The van der Waals surface area contributed by atoms with Crippen molar-refractivity contribution in [2.24, 2.45) is 0 Å². The second-order valence-corrected chi connectivity index (χ2v) is 19.6. The van der Waals surface area contributed by atoms with Gasteiger partial charge in [-0.3, -0.25) is 0 Å². The smallest absolute Gasteiger partial charge is 0.192 e. The van der Waals surface area contributed by atoms with Gasteiger partial charge in [0.15, 0.2) is 8.32 Å². The molecular formula is C24H44O3Si2. The normalized spacial score (nSPS) is 13.3. The fourth-order valence-electron chi connectivity index (χ4n) is 3.83. The van der Waals surface area contributed by atoms with Crippen molar-refractivity contribution in [3.63, 3.8) is 0 Å². The number of benzene rings is 1. The quantitative estimate of drug-likeness (QED) is 0.164. The Hall–Kier alpha value is -0.886. The Morgan fingerprint density at radius 2 is 1.59 bits per heavy atom. The molecule has 0 amide bonds. The molecule has 29 heavy (non-hydrogen) atoms. The Bertz CT molecular complexity index is 581. The van der Waals surface area contributed by atoms with E-state index in [1.54, 1.807) is 7.11 Å². The molecule has 0 bridgehead atoms. The summed E-state index contributed by atoms with van der Waals surface area (Å²) in [4.78, 5) is 0. The van der Waals surface area contributed by atoms with Gasteiger partial charge in [0.25, 0.3) is 0 Å². The predicted octanol–water partition coefficient (Wildman–Crippen LogP) is 7.28. The summed E-state index contributed by atoms with van der Waals surface area (Å²) in [6.45, 7) is 19.9. The average Bonchev–Trinajstić information content (AvgIpc) is 2.68. The summed E-state index contributed by atoms with van der Waals surface area (Å²) in [5.41, 5.74) is 2.53. The van der Waals surface area contributed by atoms with Crippen molar-refractivity contribution < 1.29 is 13.9 Å². The van der Waals surface area contributed by atoms with Crippen molar-refractivity contribution in [3.8, 4) is 5.75 Å². The maximum absolute atomic E-state index is 6.85. The molecule has 0 saturated carbocycles. The lowest BCUT2D eigenvalue weighted by molar-refractivity contribution is 0.0785. The third kappa shape index (κ3) is 10.1. The topological polar surface area (TPSA) is 27.7 Å². The van der Waals surface area contributed by atoms with E-state index >= 15 is 0 Å². The molecule has 3 nitrogen and oxygen atoms in total. The van der Waals surface area contributed by atoms with E-state index in [2.05, 4.69) is 59.1 Å². The molecule has 1 aromatic rings. The maximum atomic E-state index is 6.85. The molecule has 5 heteroatoms. The molecule has 0 unspecified atom stereocenters. The molecule has 0 N–H and O–H groups in total. The van der Waals surface area contributed by atoms with Crippen LogP contribution in [-0.4, -0.2) is 36.2 Å². The second kappa shape index (κ2) is 12.7. The van der Waals surface area contributed by atoms with Gasteiger partial charge in [-0.05, 0) is 54.7 Å². The third-order valence-corrected chi connectivity index (χ3v) is 11.9. The van der Waals surface area contributed by atoms with Gasteiger partial charge in [0.05, 0.1) is 19.8 Å². The van der Waals surface area contributed by atoms with Crippen molar-refractivity contribution in [2.45, 2.75) is 90.1 Å². The van der Waals surface area contributed by atoms with Gasteiger partial charge in [0.2, 0.25) is 0 Å². The van der Waals surface area contributed by atoms with Crippen LogP contribution in [0.3, 0.4) is 0 Å². The van der Waals surface area contributed by atoms with Gasteiger partial charge in [0, 0.05) is 14.7 Å². The fourth-order valence-corrected chi connectivity index (χ4v) is 8.38. The first-order valence-corrected chi connectivity index (χ1v) is 17.5. The number of hydrogen-bond acceptors (Lipinski definition) is 3. The van der Waals surface area contributed by atoms with Crippen LogP contribution in [0.4, 0.5) is 0 Å². The fraction of sp³-hybridized carbons (Fsp3) is 0.667. The van der Waals surface area contributed by atoms with Gasteiger partial charge in [-0.25, -0.2) is 0 Å². The van der Waals surface area contributed by atoms with Gasteiger partial charge in [-0.2, -0.15) is 0 Å². The van der Waals surface area contributed by atoms with Crippen LogP contribution in [0.2, 0.25) is 43.8 Å². The molecular weight excluding hydrogens is 392 g/mol. The first-order chi connectivity index (χ1) is 13.7. The molecule has 1 aromatic carbocycles. The monoisotopic (exact) mass is 436 g/mol. The highest BCUT2D eigenvalue weighted by atomic mass is 28.4. The molecule has 166 valence electrons. The summed E-state index contributed by atoms with van der Waals surface area (Å²) in [5, 5.41) is 0. The largest absolute Gasteiger partial charge is 0.497 e. The summed E-state index contributed by atoms with van der Waals surface area (Å²) < 4.78 is 18.1.